The van der Waals surface area contributed by atoms with Crippen molar-refractivity contribution in [3.8, 4) is 22.9 Å². The van der Waals surface area contributed by atoms with Crippen molar-refractivity contribution in [2.24, 2.45) is 5.92 Å². The summed E-state index contributed by atoms with van der Waals surface area (Å²) in [6.07, 6.45) is 6.37. The largest absolute Gasteiger partial charge is 0.437 e. The number of anilines is 1. The number of ether oxygens (including phenoxy) is 1. The van der Waals surface area contributed by atoms with Gasteiger partial charge in [-0.05, 0) is 86.8 Å². The van der Waals surface area contributed by atoms with E-state index in [1.165, 1.54) is 19.4 Å². The Morgan fingerprint density at radius 2 is 1.72 bits per heavy atom. The van der Waals surface area contributed by atoms with Crippen molar-refractivity contribution in [1.29, 1.82) is 0 Å². The smallest absolute Gasteiger partial charge is 0.220 e. The SMILES string of the molecule is CCCCN1CCN(c2ccc(Oc3cc(CN4CCC(CNC(C)=O)CC4)cc(-c4cc(Cl)cc(Cl)c4)n3)cn2)CC1. The maximum Gasteiger partial charge on any atom is 0.220 e. The maximum atomic E-state index is 11.3. The maximum absolute atomic E-state index is 11.3. The molecule has 0 spiro atoms. The van der Waals surface area contributed by atoms with Gasteiger partial charge < -0.3 is 15.0 Å². The Kier molecular flexibility index (Phi) is 11.1. The molecule has 1 amide bonds. The standard InChI is InChI=1S/C33H42Cl2N6O2/c1-3-4-9-39-12-14-41(15-13-39)32-6-5-30(22-37-32)43-33-17-26(16-31(38-33)27-18-28(34)20-29(35)19-27)23-40-10-7-25(8-11-40)21-36-24(2)42/h5-6,16-20,22,25H,3-4,7-15,21,23H2,1-2H3,(H,36,42). The van der Waals surface area contributed by atoms with Crippen LogP contribution >= 0.6 is 23.2 Å². The number of halogens is 2. The molecule has 1 aromatic carbocycles. The van der Waals surface area contributed by atoms with Crippen molar-refractivity contribution in [2.75, 3.05) is 57.3 Å². The summed E-state index contributed by atoms with van der Waals surface area (Å²) < 4.78 is 6.28. The van der Waals surface area contributed by atoms with Gasteiger partial charge in [0.1, 0.15) is 11.6 Å². The van der Waals surface area contributed by atoms with Crippen LogP contribution in [-0.2, 0) is 11.3 Å². The first-order chi connectivity index (χ1) is 20.8. The van der Waals surface area contributed by atoms with E-state index in [-0.39, 0.29) is 5.91 Å². The van der Waals surface area contributed by atoms with Gasteiger partial charge in [-0.1, -0.05) is 36.5 Å². The van der Waals surface area contributed by atoms with E-state index in [1.54, 1.807) is 19.2 Å². The highest BCUT2D eigenvalue weighted by molar-refractivity contribution is 6.35. The fraction of sp³-hybridized carbons (Fsp3) is 0.485. The number of pyridine rings is 2. The number of unbranched alkanes of at least 4 members (excludes halogenated alkanes) is 1. The van der Waals surface area contributed by atoms with E-state index in [0.717, 1.165) is 87.8 Å². The molecule has 0 aliphatic carbocycles. The number of piperidine rings is 1. The average Bonchev–Trinajstić information content (AvgIpc) is 3.00. The van der Waals surface area contributed by atoms with E-state index in [1.807, 2.05) is 30.3 Å². The molecule has 2 saturated heterocycles. The second kappa shape index (κ2) is 15.2. The number of nitrogens with zero attached hydrogens (tertiary/aromatic N) is 5. The summed E-state index contributed by atoms with van der Waals surface area (Å²) in [6, 6.07) is 13.5. The zero-order chi connectivity index (χ0) is 30.2. The van der Waals surface area contributed by atoms with Gasteiger partial charge in [-0.3, -0.25) is 14.6 Å². The second-order valence-corrected chi connectivity index (χ2v) is 12.5. The minimum atomic E-state index is 0.0332. The highest BCUT2D eigenvalue weighted by Gasteiger charge is 2.21. The van der Waals surface area contributed by atoms with Gasteiger partial charge in [0.15, 0.2) is 0 Å². The summed E-state index contributed by atoms with van der Waals surface area (Å²) >= 11 is 12.7. The fourth-order valence-corrected chi connectivity index (χ4v) is 6.30. The third kappa shape index (κ3) is 9.29. The predicted molar refractivity (Wildman–Crippen MR) is 174 cm³/mol. The number of carbonyl (C=O) groups is 1. The molecule has 0 radical (unpaired) electrons. The van der Waals surface area contributed by atoms with Crippen molar-refractivity contribution in [3.63, 3.8) is 0 Å². The normalized spacial score (nSPS) is 16.8. The minimum absolute atomic E-state index is 0.0332. The topological polar surface area (TPSA) is 73.8 Å². The zero-order valence-electron chi connectivity index (χ0n) is 25.2. The molecule has 2 aliphatic rings. The van der Waals surface area contributed by atoms with Gasteiger partial charge in [-0.25, -0.2) is 9.97 Å². The van der Waals surface area contributed by atoms with Crippen LogP contribution in [0, 0.1) is 5.92 Å². The molecule has 2 aliphatic heterocycles. The Morgan fingerprint density at radius 3 is 2.37 bits per heavy atom. The van der Waals surface area contributed by atoms with Crippen LogP contribution in [0.5, 0.6) is 11.6 Å². The molecule has 0 saturated carbocycles. The minimum Gasteiger partial charge on any atom is -0.437 e. The lowest BCUT2D eigenvalue weighted by Gasteiger charge is -2.35. The Labute approximate surface area is 265 Å². The third-order valence-corrected chi connectivity index (χ3v) is 8.68. The van der Waals surface area contributed by atoms with E-state index in [4.69, 9.17) is 37.9 Å². The summed E-state index contributed by atoms with van der Waals surface area (Å²) in [5.74, 6) is 2.67. The van der Waals surface area contributed by atoms with E-state index < -0.39 is 0 Å². The first-order valence-electron chi connectivity index (χ1n) is 15.4. The molecule has 1 N–H and O–H groups in total. The lowest BCUT2D eigenvalue weighted by Crippen LogP contribution is -2.46. The summed E-state index contributed by atoms with van der Waals surface area (Å²) in [6.45, 7) is 12.6. The van der Waals surface area contributed by atoms with Crippen LogP contribution in [0.1, 0.15) is 45.1 Å². The number of rotatable bonds is 11. The molecule has 0 bridgehead atoms. The first-order valence-corrected chi connectivity index (χ1v) is 16.2. The number of nitrogens with one attached hydrogen (secondary N) is 1. The molecular weight excluding hydrogens is 583 g/mol. The molecule has 3 aromatic rings. The Hall–Kier alpha value is -2.91. The van der Waals surface area contributed by atoms with Crippen molar-refractivity contribution < 1.29 is 9.53 Å². The lowest BCUT2D eigenvalue weighted by molar-refractivity contribution is -0.119. The lowest BCUT2D eigenvalue weighted by atomic mass is 9.96. The van der Waals surface area contributed by atoms with Gasteiger partial charge in [0.2, 0.25) is 11.8 Å². The molecule has 2 aromatic heterocycles. The molecule has 2 fully saturated rings. The number of hydrogen-bond acceptors (Lipinski definition) is 7. The van der Waals surface area contributed by atoms with Gasteiger partial charge in [0.05, 0.1) is 11.9 Å². The highest BCUT2D eigenvalue weighted by atomic mass is 35.5. The van der Waals surface area contributed by atoms with Crippen molar-refractivity contribution in [3.05, 3.63) is 64.3 Å². The molecule has 230 valence electrons. The molecule has 8 nitrogen and oxygen atoms in total. The van der Waals surface area contributed by atoms with Crippen LogP contribution in [0.3, 0.4) is 0 Å². The van der Waals surface area contributed by atoms with E-state index in [0.29, 0.717) is 27.6 Å². The summed E-state index contributed by atoms with van der Waals surface area (Å²) in [7, 11) is 0. The number of carbonyl (C=O) groups excluding carboxylic acids is 1. The Balaban J connectivity index is 1.28. The fourth-order valence-electron chi connectivity index (χ4n) is 5.77. The van der Waals surface area contributed by atoms with Gasteiger partial charge in [0.25, 0.3) is 0 Å². The molecule has 0 atom stereocenters. The van der Waals surface area contributed by atoms with Gasteiger partial charge in [-0.2, -0.15) is 0 Å². The molecule has 5 rings (SSSR count). The monoisotopic (exact) mass is 624 g/mol. The summed E-state index contributed by atoms with van der Waals surface area (Å²) in [4.78, 5) is 28.2. The first kappa shape index (κ1) is 31.5. The van der Waals surface area contributed by atoms with Crippen LogP contribution in [-0.4, -0.2) is 78.0 Å². The Morgan fingerprint density at radius 1 is 0.977 bits per heavy atom. The van der Waals surface area contributed by atoms with E-state index in [9.17, 15) is 4.79 Å². The number of aromatic nitrogens is 2. The zero-order valence-corrected chi connectivity index (χ0v) is 26.7. The van der Waals surface area contributed by atoms with Crippen molar-refractivity contribution in [2.45, 2.75) is 46.1 Å². The van der Waals surface area contributed by atoms with Gasteiger partial charge in [0, 0.05) is 67.9 Å². The number of likely N-dealkylation sites (tertiary alicyclic amines) is 1. The van der Waals surface area contributed by atoms with Gasteiger partial charge >= 0.3 is 0 Å². The van der Waals surface area contributed by atoms with Crippen molar-refractivity contribution >= 4 is 34.9 Å². The van der Waals surface area contributed by atoms with E-state index >= 15 is 0 Å². The van der Waals surface area contributed by atoms with Crippen LogP contribution in [0.2, 0.25) is 10.0 Å². The van der Waals surface area contributed by atoms with Gasteiger partial charge in [-0.15, -0.1) is 0 Å². The van der Waals surface area contributed by atoms with Crippen LogP contribution in [0.15, 0.2) is 48.7 Å². The molecule has 0 unspecified atom stereocenters. The predicted octanol–water partition coefficient (Wildman–Crippen LogP) is 6.51. The number of piperazine rings is 1. The molecule has 43 heavy (non-hydrogen) atoms. The Bertz CT molecular complexity index is 1340. The van der Waals surface area contributed by atoms with Crippen LogP contribution < -0.4 is 15.0 Å². The molecule has 10 heteroatoms. The summed E-state index contributed by atoms with van der Waals surface area (Å²) in [5.41, 5.74) is 2.69. The third-order valence-electron chi connectivity index (χ3n) is 8.24. The van der Waals surface area contributed by atoms with Crippen molar-refractivity contribution in [1.82, 2.24) is 25.1 Å². The number of hydrogen-bond donors (Lipinski definition) is 1. The summed E-state index contributed by atoms with van der Waals surface area (Å²) in [5, 5.41) is 4.08. The molecule has 4 heterocycles. The van der Waals surface area contributed by atoms with Crippen LogP contribution in [0.25, 0.3) is 11.3 Å². The highest BCUT2D eigenvalue weighted by Crippen LogP contribution is 2.31. The molecular formula is C33H42Cl2N6O2. The number of benzene rings is 1. The average molecular weight is 626 g/mol. The second-order valence-electron chi connectivity index (χ2n) is 11.7. The number of amides is 1. The van der Waals surface area contributed by atoms with E-state index in [2.05, 4.69) is 33.0 Å². The van der Waals surface area contributed by atoms with Crippen LogP contribution in [0.4, 0.5) is 5.82 Å². The quantitative estimate of drug-likeness (QED) is 0.260.